The average Bonchev–Trinajstić information content (AvgIpc) is 2.55. The van der Waals surface area contributed by atoms with E-state index in [-0.39, 0.29) is 18.4 Å². The van der Waals surface area contributed by atoms with E-state index in [1.165, 1.54) is 0 Å². The van der Waals surface area contributed by atoms with Crippen LogP contribution in [0.15, 0.2) is 30.3 Å². The molecule has 114 valence electrons. The topological polar surface area (TPSA) is 69.6 Å². The third kappa shape index (κ3) is 4.04. The van der Waals surface area contributed by atoms with Crippen LogP contribution < -0.4 is 5.32 Å². The molecule has 0 spiro atoms. The highest BCUT2D eigenvalue weighted by molar-refractivity contribution is 5.97. The van der Waals surface area contributed by atoms with Crippen LogP contribution in [0.2, 0.25) is 0 Å². The normalized spacial score (nSPS) is 17.3. The summed E-state index contributed by atoms with van der Waals surface area (Å²) in [5.74, 6) is 0.000584. The van der Waals surface area contributed by atoms with E-state index in [0.29, 0.717) is 24.6 Å². The van der Waals surface area contributed by atoms with Crippen molar-refractivity contribution in [1.29, 1.82) is 0 Å². The number of nitrogens with zero attached hydrogens (tertiary/aromatic N) is 1. The van der Waals surface area contributed by atoms with Gasteiger partial charge in [-0.15, -0.1) is 0 Å². The zero-order valence-electron chi connectivity index (χ0n) is 12.3. The highest BCUT2D eigenvalue weighted by Gasteiger charge is 2.26. The zero-order chi connectivity index (χ0) is 15.2. The first-order valence-electron chi connectivity index (χ1n) is 7.37. The number of rotatable bonds is 4. The van der Waals surface area contributed by atoms with Crippen LogP contribution in [-0.2, 0) is 4.79 Å². The van der Waals surface area contributed by atoms with Gasteiger partial charge in [-0.1, -0.05) is 18.2 Å². The molecule has 21 heavy (non-hydrogen) atoms. The molecule has 1 aliphatic heterocycles. The van der Waals surface area contributed by atoms with Crippen molar-refractivity contribution in [1.82, 2.24) is 10.2 Å². The van der Waals surface area contributed by atoms with Gasteiger partial charge in [-0.25, -0.2) is 0 Å². The third-order valence-electron chi connectivity index (χ3n) is 3.94. The summed E-state index contributed by atoms with van der Waals surface area (Å²) in [5.41, 5.74) is 0.552. The second kappa shape index (κ2) is 7.22. The Labute approximate surface area is 125 Å². The van der Waals surface area contributed by atoms with Gasteiger partial charge in [-0.3, -0.25) is 9.59 Å². The first kappa shape index (κ1) is 15.5. The van der Waals surface area contributed by atoms with Gasteiger partial charge in [0.05, 0.1) is 0 Å². The maximum absolute atomic E-state index is 12.3. The van der Waals surface area contributed by atoms with E-state index in [1.807, 2.05) is 6.07 Å². The van der Waals surface area contributed by atoms with Crippen molar-refractivity contribution in [3.8, 4) is 0 Å². The Kier molecular flexibility index (Phi) is 5.33. The number of aliphatic hydroxyl groups excluding tert-OH is 1. The molecule has 0 aromatic heterocycles. The first-order valence-corrected chi connectivity index (χ1v) is 7.37. The fourth-order valence-corrected chi connectivity index (χ4v) is 2.54. The molecule has 5 nitrogen and oxygen atoms in total. The molecule has 1 aromatic rings. The van der Waals surface area contributed by atoms with Crippen molar-refractivity contribution >= 4 is 11.8 Å². The minimum atomic E-state index is -0.539. The lowest BCUT2D eigenvalue weighted by Gasteiger charge is -2.33. The summed E-state index contributed by atoms with van der Waals surface area (Å²) in [6.07, 6.45) is 1.64. The maximum atomic E-state index is 12.3. The summed E-state index contributed by atoms with van der Waals surface area (Å²) < 4.78 is 0. The fraction of sp³-hybridized carbons (Fsp3) is 0.500. The highest BCUT2D eigenvalue weighted by atomic mass is 16.3. The van der Waals surface area contributed by atoms with Gasteiger partial charge in [0.2, 0.25) is 5.91 Å². The molecule has 2 amide bonds. The van der Waals surface area contributed by atoms with E-state index in [0.717, 1.165) is 12.8 Å². The summed E-state index contributed by atoms with van der Waals surface area (Å²) in [5, 5.41) is 11.8. The fourth-order valence-electron chi connectivity index (χ4n) is 2.54. The Morgan fingerprint density at radius 2 is 1.90 bits per heavy atom. The van der Waals surface area contributed by atoms with E-state index in [2.05, 4.69) is 5.32 Å². The van der Waals surface area contributed by atoms with Crippen molar-refractivity contribution in [3.63, 3.8) is 0 Å². The number of carbonyl (C=O) groups excluding carboxylic acids is 2. The smallest absolute Gasteiger partial charge is 0.251 e. The van der Waals surface area contributed by atoms with Crippen molar-refractivity contribution in [2.45, 2.75) is 25.8 Å². The van der Waals surface area contributed by atoms with Gasteiger partial charge < -0.3 is 15.3 Å². The van der Waals surface area contributed by atoms with Crippen LogP contribution in [0.1, 0.15) is 30.1 Å². The van der Waals surface area contributed by atoms with E-state index in [1.54, 1.807) is 36.1 Å². The molecule has 1 aliphatic rings. The highest BCUT2D eigenvalue weighted by Crippen LogP contribution is 2.17. The summed E-state index contributed by atoms with van der Waals surface area (Å²) >= 11 is 0. The monoisotopic (exact) mass is 290 g/mol. The molecule has 2 N–H and O–H groups in total. The number of nitrogens with one attached hydrogen (secondary N) is 1. The largest absolute Gasteiger partial charge is 0.396 e. The van der Waals surface area contributed by atoms with Crippen molar-refractivity contribution in [2.75, 3.05) is 19.7 Å². The minimum Gasteiger partial charge on any atom is -0.396 e. The molecular formula is C16H22N2O3. The number of aliphatic hydroxyl groups is 1. The summed E-state index contributed by atoms with van der Waals surface area (Å²) in [6, 6.07) is 8.33. The number of amides is 2. The predicted molar refractivity (Wildman–Crippen MR) is 79.8 cm³/mol. The van der Waals surface area contributed by atoms with Crippen molar-refractivity contribution in [2.24, 2.45) is 5.92 Å². The van der Waals surface area contributed by atoms with E-state index in [9.17, 15) is 9.59 Å². The number of hydrogen-bond acceptors (Lipinski definition) is 3. The average molecular weight is 290 g/mol. The van der Waals surface area contributed by atoms with Gasteiger partial charge in [0.1, 0.15) is 6.04 Å². The second-order valence-corrected chi connectivity index (χ2v) is 5.51. The molecule has 2 rings (SSSR count). The van der Waals surface area contributed by atoms with Gasteiger partial charge in [-0.05, 0) is 37.8 Å². The summed E-state index contributed by atoms with van der Waals surface area (Å²) in [4.78, 5) is 26.1. The molecule has 1 heterocycles. The van der Waals surface area contributed by atoms with Crippen LogP contribution in [0.4, 0.5) is 0 Å². The zero-order valence-corrected chi connectivity index (χ0v) is 12.3. The Morgan fingerprint density at radius 1 is 1.29 bits per heavy atom. The molecule has 1 fully saturated rings. The minimum absolute atomic E-state index is 0.0596. The molecular weight excluding hydrogens is 268 g/mol. The Bertz CT molecular complexity index is 482. The number of carbonyl (C=O) groups is 2. The van der Waals surface area contributed by atoms with Gasteiger partial charge in [-0.2, -0.15) is 0 Å². The van der Waals surface area contributed by atoms with E-state index >= 15 is 0 Å². The SMILES string of the molecule is CC(NC(=O)c1ccccc1)C(=O)N1CCC(CO)CC1. The number of piperidine rings is 1. The quantitative estimate of drug-likeness (QED) is 0.870. The van der Waals surface area contributed by atoms with Crippen LogP contribution in [0, 0.1) is 5.92 Å². The van der Waals surface area contributed by atoms with Crippen molar-refractivity contribution in [3.05, 3.63) is 35.9 Å². The lowest BCUT2D eigenvalue weighted by atomic mass is 9.97. The van der Waals surface area contributed by atoms with Crippen molar-refractivity contribution < 1.29 is 14.7 Å². The number of hydrogen-bond donors (Lipinski definition) is 2. The standard InChI is InChI=1S/C16H22N2O3/c1-12(17-15(20)14-5-3-2-4-6-14)16(21)18-9-7-13(11-19)8-10-18/h2-6,12-13,19H,7-11H2,1H3,(H,17,20). The predicted octanol–water partition coefficient (Wildman–Crippen LogP) is 1.04. The van der Waals surface area contributed by atoms with Crippen LogP contribution in [0.3, 0.4) is 0 Å². The van der Waals surface area contributed by atoms with E-state index in [4.69, 9.17) is 5.11 Å². The first-order chi connectivity index (χ1) is 10.1. The van der Waals surface area contributed by atoms with Gasteiger partial charge in [0, 0.05) is 25.3 Å². The molecule has 0 radical (unpaired) electrons. The summed E-state index contributed by atoms with van der Waals surface area (Å²) in [7, 11) is 0. The summed E-state index contributed by atoms with van der Waals surface area (Å²) in [6.45, 7) is 3.19. The Balaban J connectivity index is 1.87. The maximum Gasteiger partial charge on any atom is 0.251 e. The molecule has 1 saturated heterocycles. The molecule has 1 atom stereocenters. The molecule has 0 aliphatic carbocycles. The van der Waals surface area contributed by atoms with Crippen LogP contribution >= 0.6 is 0 Å². The lowest BCUT2D eigenvalue weighted by molar-refractivity contribution is -0.134. The molecule has 1 aromatic carbocycles. The molecule has 5 heteroatoms. The Morgan fingerprint density at radius 3 is 2.48 bits per heavy atom. The third-order valence-corrected chi connectivity index (χ3v) is 3.94. The van der Waals surface area contributed by atoms with Gasteiger partial charge >= 0.3 is 0 Å². The van der Waals surface area contributed by atoms with Gasteiger partial charge in [0.25, 0.3) is 5.91 Å². The van der Waals surface area contributed by atoms with Gasteiger partial charge in [0.15, 0.2) is 0 Å². The van der Waals surface area contributed by atoms with Crippen LogP contribution in [-0.4, -0.2) is 47.6 Å². The molecule has 0 bridgehead atoms. The van der Waals surface area contributed by atoms with Crippen LogP contribution in [0.25, 0.3) is 0 Å². The number of benzene rings is 1. The van der Waals surface area contributed by atoms with E-state index < -0.39 is 6.04 Å². The Hall–Kier alpha value is -1.88. The molecule has 0 saturated carbocycles. The lowest BCUT2D eigenvalue weighted by Crippen LogP contribution is -2.49. The molecule has 1 unspecified atom stereocenters. The number of likely N-dealkylation sites (tertiary alicyclic amines) is 1. The second-order valence-electron chi connectivity index (χ2n) is 5.51. The van der Waals surface area contributed by atoms with Crippen LogP contribution in [0.5, 0.6) is 0 Å².